The molecule has 6 heteroatoms. The van der Waals surface area contributed by atoms with E-state index in [4.69, 9.17) is 4.98 Å². The second-order valence-corrected chi connectivity index (χ2v) is 7.56. The number of hydrogen-bond donors (Lipinski definition) is 1. The Morgan fingerprint density at radius 1 is 1.12 bits per heavy atom. The van der Waals surface area contributed by atoms with Crippen LogP contribution < -0.4 is 0 Å². The molecule has 0 spiro atoms. The summed E-state index contributed by atoms with van der Waals surface area (Å²) in [5.41, 5.74) is 2.42. The van der Waals surface area contributed by atoms with Crippen molar-refractivity contribution in [2.75, 3.05) is 31.7 Å². The van der Waals surface area contributed by atoms with Crippen molar-refractivity contribution in [2.24, 2.45) is 0 Å². The van der Waals surface area contributed by atoms with Gasteiger partial charge >= 0.3 is 0 Å². The van der Waals surface area contributed by atoms with Gasteiger partial charge in [0.05, 0.1) is 13.2 Å². The molecule has 1 saturated heterocycles. The summed E-state index contributed by atoms with van der Waals surface area (Å²) in [6.45, 7) is 4.02. The molecule has 2 aromatic rings. The molecule has 25 heavy (non-hydrogen) atoms. The van der Waals surface area contributed by atoms with E-state index in [1.807, 2.05) is 4.68 Å². The van der Waals surface area contributed by atoms with Crippen molar-refractivity contribution in [3.63, 3.8) is 0 Å². The number of aromatic nitrogens is 3. The second-order valence-electron chi connectivity index (χ2n) is 6.57. The zero-order chi connectivity index (χ0) is 17.5. The van der Waals surface area contributed by atoms with E-state index in [0.29, 0.717) is 6.54 Å². The monoisotopic (exact) mass is 360 g/mol. The largest absolute Gasteiger partial charge is 0.394 e. The molecule has 0 bridgehead atoms. The first kappa shape index (κ1) is 18.4. The Hall–Kier alpha value is -1.37. The Bertz CT molecular complexity index is 650. The van der Waals surface area contributed by atoms with Gasteiger partial charge in [0.25, 0.3) is 0 Å². The van der Waals surface area contributed by atoms with Gasteiger partial charge in [0.15, 0.2) is 11.6 Å². The maximum Gasteiger partial charge on any atom is 0.158 e. The lowest BCUT2D eigenvalue weighted by atomic mass is 10.1. The normalized spacial score (nSPS) is 15.6. The number of rotatable bonds is 8. The first-order chi connectivity index (χ1) is 12.3. The van der Waals surface area contributed by atoms with E-state index in [1.165, 1.54) is 37.9 Å². The van der Waals surface area contributed by atoms with Crippen LogP contribution in [-0.4, -0.2) is 56.5 Å². The number of hydrogen-bond acceptors (Lipinski definition) is 5. The molecule has 1 aromatic carbocycles. The third-order valence-electron chi connectivity index (χ3n) is 4.62. The van der Waals surface area contributed by atoms with Crippen molar-refractivity contribution in [1.29, 1.82) is 0 Å². The highest BCUT2D eigenvalue weighted by Gasteiger charge is 2.13. The Kier molecular flexibility index (Phi) is 6.90. The summed E-state index contributed by atoms with van der Waals surface area (Å²) >= 11 is 1.80. The molecule has 136 valence electrons. The van der Waals surface area contributed by atoms with E-state index in [2.05, 4.69) is 40.5 Å². The Labute approximate surface area is 154 Å². The molecular formula is C19H28N4OS. The maximum atomic E-state index is 9.30. The predicted octanol–water partition coefficient (Wildman–Crippen LogP) is 2.83. The molecule has 0 unspecified atom stereocenters. The summed E-state index contributed by atoms with van der Waals surface area (Å²) in [5, 5.41) is 13.9. The van der Waals surface area contributed by atoms with E-state index < -0.39 is 0 Å². The average molecular weight is 361 g/mol. The standard InChI is InChI=1S/C19H28N4OS/c1-25-14-9-18-20-19(23(21-18)12-13-24)17-7-5-16(6-8-17)15-22-10-3-2-4-11-22/h5-8,24H,2-4,9-15H2,1H3. The highest BCUT2D eigenvalue weighted by atomic mass is 32.2. The SMILES string of the molecule is CSCCc1nc(-c2ccc(CN3CCCCC3)cc2)n(CCO)n1. The number of aliphatic hydroxyl groups excluding tert-OH is 1. The third kappa shape index (κ3) is 5.06. The number of piperidine rings is 1. The fourth-order valence-electron chi connectivity index (χ4n) is 3.29. The third-order valence-corrected chi connectivity index (χ3v) is 5.24. The number of benzene rings is 1. The average Bonchev–Trinajstić information content (AvgIpc) is 3.05. The van der Waals surface area contributed by atoms with Crippen molar-refractivity contribution in [2.45, 2.75) is 38.8 Å². The Morgan fingerprint density at radius 2 is 1.88 bits per heavy atom. The van der Waals surface area contributed by atoms with Gasteiger partial charge in [-0.05, 0) is 37.8 Å². The second kappa shape index (κ2) is 9.36. The zero-order valence-electron chi connectivity index (χ0n) is 15.0. The van der Waals surface area contributed by atoms with Crippen LogP contribution in [0.25, 0.3) is 11.4 Å². The molecule has 0 saturated carbocycles. The fourth-order valence-corrected chi connectivity index (χ4v) is 3.67. The predicted molar refractivity (Wildman–Crippen MR) is 104 cm³/mol. The summed E-state index contributed by atoms with van der Waals surface area (Å²) in [5.74, 6) is 2.72. The lowest BCUT2D eigenvalue weighted by molar-refractivity contribution is 0.221. The minimum absolute atomic E-state index is 0.0748. The molecule has 5 nitrogen and oxygen atoms in total. The van der Waals surface area contributed by atoms with Crippen molar-refractivity contribution < 1.29 is 5.11 Å². The molecule has 1 aliphatic rings. The van der Waals surface area contributed by atoms with Gasteiger partial charge in [-0.2, -0.15) is 16.9 Å². The number of nitrogens with zero attached hydrogens (tertiary/aromatic N) is 4. The van der Waals surface area contributed by atoms with Gasteiger partial charge in [0.2, 0.25) is 0 Å². The highest BCUT2D eigenvalue weighted by molar-refractivity contribution is 7.98. The van der Waals surface area contributed by atoms with Crippen LogP contribution in [0.3, 0.4) is 0 Å². The number of thioether (sulfide) groups is 1. The molecule has 0 atom stereocenters. The summed E-state index contributed by atoms with van der Waals surface area (Å²) in [7, 11) is 0. The molecule has 0 radical (unpaired) electrons. The summed E-state index contributed by atoms with van der Waals surface area (Å²) in [6.07, 6.45) is 6.96. The van der Waals surface area contributed by atoms with Crippen LogP contribution in [0.15, 0.2) is 24.3 Å². The summed E-state index contributed by atoms with van der Waals surface area (Å²) < 4.78 is 1.83. The van der Waals surface area contributed by atoms with Gasteiger partial charge in [0, 0.05) is 24.3 Å². The number of aryl methyl sites for hydroxylation is 1. The maximum absolute atomic E-state index is 9.30. The molecule has 1 aromatic heterocycles. The van der Waals surface area contributed by atoms with Crippen molar-refractivity contribution in [3.8, 4) is 11.4 Å². The molecule has 2 heterocycles. The lowest BCUT2D eigenvalue weighted by Gasteiger charge is -2.26. The van der Waals surface area contributed by atoms with Gasteiger partial charge in [-0.3, -0.25) is 4.90 Å². The number of aliphatic hydroxyl groups is 1. The van der Waals surface area contributed by atoms with Crippen molar-refractivity contribution in [3.05, 3.63) is 35.7 Å². The van der Waals surface area contributed by atoms with Crippen LogP contribution in [-0.2, 0) is 19.5 Å². The quantitative estimate of drug-likeness (QED) is 0.784. The minimum Gasteiger partial charge on any atom is -0.394 e. The lowest BCUT2D eigenvalue weighted by Crippen LogP contribution is -2.29. The molecule has 1 fully saturated rings. The smallest absolute Gasteiger partial charge is 0.158 e. The van der Waals surface area contributed by atoms with E-state index in [0.717, 1.165) is 35.9 Å². The van der Waals surface area contributed by atoms with E-state index >= 15 is 0 Å². The Balaban J connectivity index is 1.72. The molecular weight excluding hydrogens is 332 g/mol. The van der Waals surface area contributed by atoms with Gasteiger partial charge in [-0.1, -0.05) is 30.7 Å². The molecule has 1 N–H and O–H groups in total. The van der Waals surface area contributed by atoms with E-state index in [1.54, 1.807) is 11.8 Å². The Morgan fingerprint density at radius 3 is 2.56 bits per heavy atom. The van der Waals surface area contributed by atoms with Crippen LogP contribution >= 0.6 is 11.8 Å². The van der Waals surface area contributed by atoms with Crippen LogP contribution in [0.5, 0.6) is 0 Å². The summed E-state index contributed by atoms with van der Waals surface area (Å²) in [4.78, 5) is 7.23. The first-order valence-corrected chi connectivity index (χ1v) is 10.5. The van der Waals surface area contributed by atoms with Crippen LogP contribution in [0, 0.1) is 0 Å². The molecule has 3 rings (SSSR count). The van der Waals surface area contributed by atoms with E-state index in [9.17, 15) is 5.11 Å². The zero-order valence-corrected chi connectivity index (χ0v) is 15.8. The van der Waals surface area contributed by atoms with Crippen LogP contribution in [0.1, 0.15) is 30.7 Å². The molecule has 0 amide bonds. The van der Waals surface area contributed by atoms with Gasteiger partial charge in [0.1, 0.15) is 0 Å². The van der Waals surface area contributed by atoms with Gasteiger partial charge in [-0.15, -0.1) is 0 Å². The number of likely N-dealkylation sites (tertiary alicyclic amines) is 1. The molecule has 1 aliphatic heterocycles. The highest BCUT2D eigenvalue weighted by Crippen LogP contribution is 2.20. The summed E-state index contributed by atoms with van der Waals surface area (Å²) in [6, 6.07) is 8.66. The fraction of sp³-hybridized carbons (Fsp3) is 0.579. The first-order valence-electron chi connectivity index (χ1n) is 9.15. The minimum atomic E-state index is 0.0748. The van der Waals surface area contributed by atoms with Gasteiger partial charge < -0.3 is 5.11 Å². The molecule has 0 aliphatic carbocycles. The van der Waals surface area contributed by atoms with Gasteiger partial charge in [-0.25, -0.2) is 9.67 Å². The van der Waals surface area contributed by atoms with Crippen LogP contribution in [0.4, 0.5) is 0 Å². The topological polar surface area (TPSA) is 54.2 Å². The van der Waals surface area contributed by atoms with Crippen LogP contribution in [0.2, 0.25) is 0 Å². The van der Waals surface area contributed by atoms with Crippen molar-refractivity contribution >= 4 is 11.8 Å². The van der Waals surface area contributed by atoms with Crippen molar-refractivity contribution in [1.82, 2.24) is 19.7 Å². The van der Waals surface area contributed by atoms with E-state index in [-0.39, 0.29) is 6.61 Å².